The molecule has 0 atom stereocenters. The van der Waals surface area contributed by atoms with Crippen LogP contribution in [0.2, 0.25) is 0 Å². The van der Waals surface area contributed by atoms with Crippen LogP contribution < -0.4 is 10.1 Å². The lowest BCUT2D eigenvalue weighted by molar-refractivity contribution is 0.123. The maximum Gasteiger partial charge on any atom is 0.123 e. The summed E-state index contributed by atoms with van der Waals surface area (Å²) in [7, 11) is 1.74. The van der Waals surface area contributed by atoms with Crippen LogP contribution in [-0.4, -0.2) is 13.7 Å². The van der Waals surface area contributed by atoms with Crippen LogP contribution in [0.1, 0.15) is 43.7 Å². The first-order valence-electron chi connectivity index (χ1n) is 7.03. The van der Waals surface area contributed by atoms with Crippen LogP contribution in [-0.2, 0) is 6.54 Å². The summed E-state index contributed by atoms with van der Waals surface area (Å²) < 4.78 is 5.41. The van der Waals surface area contributed by atoms with Gasteiger partial charge in [0.05, 0.1) is 7.11 Å². The molecular formula is C16H25NO. The fourth-order valence-corrected chi connectivity index (χ4v) is 2.84. The van der Waals surface area contributed by atoms with Crippen molar-refractivity contribution in [2.75, 3.05) is 13.7 Å². The second-order valence-corrected chi connectivity index (χ2v) is 5.63. The lowest BCUT2D eigenvalue weighted by Gasteiger charge is -2.41. The van der Waals surface area contributed by atoms with E-state index in [1.54, 1.807) is 7.11 Å². The largest absolute Gasteiger partial charge is 0.496 e. The Morgan fingerprint density at radius 3 is 2.67 bits per heavy atom. The summed E-state index contributed by atoms with van der Waals surface area (Å²) in [4.78, 5) is 0. The highest BCUT2D eigenvalue weighted by Gasteiger charge is 2.34. The molecule has 2 rings (SSSR count). The number of benzene rings is 1. The van der Waals surface area contributed by atoms with E-state index in [2.05, 4.69) is 37.4 Å². The van der Waals surface area contributed by atoms with Crippen LogP contribution in [0, 0.1) is 12.3 Å². The van der Waals surface area contributed by atoms with Gasteiger partial charge in [0.2, 0.25) is 0 Å². The Bertz CT molecular complexity index is 391. The molecule has 18 heavy (non-hydrogen) atoms. The molecule has 0 saturated heterocycles. The molecule has 2 nitrogen and oxygen atoms in total. The zero-order valence-corrected chi connectivity index (χ0v) is 11.9. The van der Waals surface area contributed by atoms with Gasteiger partial charge in [-0.25, -0.2) is 0 Å². The molecule has 1 aromatic rings. The molecule has 0 aliphatic heterocycles. The molecule has 1 fully saturated rings. The van der Waals surface area contributed by atoms with Crippen LogP contribution in [0.3, 0.4) is 0 Å². The van der Waals surface area contributed by atoms with Gasteiger partial charge in [0.1, 0.15) is 5.75 Å². The maximum absolute atomic E-state index is 5.41. The van der Waals surface area contributed by atoms with Gasteiger partial charge in [-0.1, -0.05) is 31.0 Å². The van der Waals surface area contributed by atoms with E-state index in [1.165, 1.54) is 36.8 Å². The van der Waals surface area contributed by atoms with Crippen molar-refractivity contribution < 1.29 is 4.74 Å². The van der Waals surface area contributed by atoms with E-state index in [-0.39, 0.29) is 0 Å². The smallest absolute Gasteiger partial charge is 0.123 e. The van der Waals surface area contributed by atoms with Gasteiger partial charge in [0, 0.05) is 18.7 Å². The zero-order valence-electron chi connectivity index (χ0n) is 11.9. The number of aryl methyl sites for hydroxylation is 1. The molecule has 1 aliphatic carbocycles. The average Bonchev–Trinajstić information content (AvgIpc) is 2.33. The Morgan fingerprint density at radius 2 is 2.11 bits per heavy atom. The molecule has 0 radical (unpaired) electrons. The molecule has 2 heteroatoms. The fraction of sp³-hybridized carbons (Fsp3) is 0.625. The summed E-state index contributed by atoms with van der Waals surface area (Å²) >= 11 is 0. The normalized spacial score (nSPS) is 17.3. The summed E-state index contributed by atoms with van der Waals surface area (Å²) in [5, 5.41) is 3.62. The van der Waals surface area contributed by atoms with E-state index >= 15 is 0 Å². The summed E-state index contributed by atoms with van der Waals surface area (Å²) in [5.41, 5.74) is 3.14. The lowest BCUT2D eigenvalue weighted by atomic mass is 9.67. The number of hydrogen-bond donors (Lipinski definition) is 1. The second kappa shape index (κ2) is 5.75. The first kappa shape index (κ1) is 13.4. The minimum Gasteiger partial charge on any atom is -0.496 e. The van der Waals surface area contributed by atoms with Crippen LogP contribution >= 0.6 is 0 Å². The molecule has 0 bridgehead atoms. The van der Waals surface area contributed by atoms with Crippen LogP contribution in [0.5, 0.6) is 5.75 Å². The first-order chi connectivity index (χ1) is 8.69. The monoisotopic (exact) mass is 247 g/mol. The first-order valence-corrected chi connectivity index (χ1v) is 7.03. The molecule has 1 saturated carbocycles. The third-order valence-electron chi connectivity index (χ3n) is 4.42. The van der Waals surface area contributed by atoms with Gasteiger partial charge in [0.15, 0.2) is 0 Å². The van der Waals surface area contributed by atoms with E-state index in [1.807, 2.05) is 0 Å². The van der Waals surface area contributed by atoms with Gasteiger partial charge >= 0.3 is 0 Å². The van der Waals surface area contributed by atoms with E-state index in [0.29, 0.717) is 5.41 Å². The van der Waals surface area contributed by atoms with E-state index in [4.69, 9.17) is 4.74 Å². The van der Waals surface area contributed by atoms with Gasteiger partial charge < -0.3 is 10.1 Å². The lowest BCUT2D eigenvalue weighted by Crippen LogP contribution is -2.39. The van der Waals surface area contributed by atoms with Gasteiger partial charge in [-0.2, -0.15) is 0 Å². The van der Waals surface area contributed by atoms with Crippen LogP contribution in [0.4, 0.5) is 0 Å². The summed E-state index contributed by atoms with van der Waals surface area (Å²) in [5.74, 6) is 0.993. The molecular weight excluding hydrogens is 222 g/mol. The number of ether oxygens (including phenoxy) is 1. The SMILES string of the molecule is CCC1(CNCc2cc(C)ccc2OC)CCC1. The Hall–Kier alpha value is -1.02. The highest BCUT2D eigenvalue weighted by molar-refractivity contribution is 5.36. The van der Waals surface area contributed by atoms with Crippen molar-refractivity contribution in [2.24, 2.45) is 5.41 Å². The van der Waals surface area contributed by atoms with Crippen molar-refractivity contribution in [1.29, 1.82) is 0 Å². The Labute approximate surface area is 111 Å². The predicted molar refractivity (Wildman–Crippen MR) is 76.0 cm³/mol. The highest BCUT2D eigenvalue weighted by Crippen LogP contribution is 2.43. The van der Waals surface area contributed by atoms with Crippen molar-refractivity contribution in [3.8, 4) is 5.75 Å². The minimum atomic E-state index is 0.580. The molecule has 1 aliphatic rings. The van der Waals surface area contributed by atoms with Crippen molar-refractivity contribution >= 4 is 0 Å². The Morgan fingerprint density at radius 1 is 1.33 bits per heavy atom. The molecule has 100 valence electrons. The van der Waals surface area contributed by atoms with E-state index < -0.39 is 0 Å². The van der Waals surface area contributed by atoms with Crippen molar-refractivity contribution in [2.45, 2.75) is 46.1 Å². The molecule has 1 N–H and O–H groups in total. The summed E-state index contributed by atoms with van der Waals surface area (Å²) in [6.07, 6.45) is 5.48. The maximum atomic E-state index is 5.41. The fourth-order valence-electron chi connectivity index (χ4n) is 2.84. The molecule has 0 heterocycles. The number of rotatable bonds is 6. The molecule has 1 aromatic carbocycles. The van der Waals surface area contributed by atoms with Crippen LogP contribution in [0.15, 0.2) is 18.2 Å². The van der Waals surface area contributed by atoms with E-state index in [9.17, 15) is 0 Å². The number of hydrogen-bond acceptors (Lipinski definition) is 2. The molecule has 0 spiro atoms. The Balaban J connectivity index is 1.91. The average molecular weight is 247 g/mol. The summed E-state index contributed by atoms with van der Waals surface area (Å²) in [6, 6.07) is 6.37. The van der Waals surface area contributed by atoms with Crippen molar-refractivity contribution in [3.05, 3.63) is 29.3 Å². The molecule has 0 amide bonds. The third-order valence-corrected chi connectivity index (χ3v) is 4.42. The number of nitrogens with one attached hydrogen (secondary N) is 1. The predicted octanol–water partition coefficient (Wildman–Crippen LogP) is 3.67. The Kier molecular flexibility index (Phi) is 4.28. The standard InChI is InChI=1S/C16H25NO/c1-4-16(8-5-9-16)12-17-11-14-10-13(2)6-7-15(14)18-3/h6-7,10,17H,4-5,8-9,11-12H2,1-3H3. The second-order valence-electron chi connectivity index (χ2n) is 5.63. The minimum absolute atomic E-state index is 0.580. The van der Waals surface area contributed by atoms with Gasteiger partial charge in [-0.3, -0.25) is 0 Å². The molecule has 0 aromatic heterocycles. The van der Waals surface area contributed by atoms with Gasteiger partial charge in [-0.15, -0.1) is 0 Å². The van der Waals surface area contributed by atoms with E-state index in [0.717, 1.165) is 18.8 Å². The molecule has 0 unspecified atom stereocenters. The third kappa shape index (κ3) is 2.86. The van der Waals surface area contributed by atoms with Gasteiger partial charge in [-0.05, 0) is 37.7 Å². The van der Waals surface area contributed by atoms with Crippen LogP contribution in [0.25, 0.3) is 0 Å². The topological polar surface area (TPSA) is 21.3 Å². The summed E-state index contributed by atoms with van der Waals surface area (Å²) in [6.45, 7) is 6.49. The highest BCUT2D eigenvalue weighted by atomic mass is 16.5. The van der Waals surface area contributed by atoms with Gasteiger partial charge in [0.25, 0.3) is 0 Å². The quantitative estimate of drug-likeness (QED) is 0.828. The number of methoxy groups -OCH3 is 1. The zero-order chi connectivity index (χ0) is 13.0. The van der Waals surface area contributed by atoms with Crippen molar-refractivity contribution in [1.82, 2.24) is 5.32 Å². The van der Waals surface area contributed by atoms with Crippen molar-refractivity contribution in [3.63, 3.8) is 0 Å².